The molecule has 1 aromatic rings. The molecule has 0 aliphatic carbocycles. The number of aliphatic hydroxyl groups excluding tert-OH is 1. The molecule has 0 radical (unpaired) electrons. The van der Waals surface area contributed by atoms with Crippen molar-refractivity contribution in [2.24, 2.45) is 5.84 Å². The van der Waals surface area contributed by atoms with Gasteiger partial charge in [-0.25, -0.2) is 5.84 Å². The van der Waals surface area contributed by atoms with Crippen LogP contribution in [-0.2, 0) is 6.54 Å². The van der Waals surface area contributed by atoms with Crippen LogP contribution in [0.5, 0.6) is 0 Å². The van der Waals surface area contributed by atoms with Crippen LogP contribution in [0.4, 0.5) is 0 Å². The van der Waals surface area contributed by atoms with Crippen molar-refractivity contribution < 1.29 is 9.90 Å². The number of carbonyl (C=O) groups excluding carboxylic acids is 1. The van der Waals surface area contributed by atoms with E-state index in [4.69, 9.17) is 10.9 Å². The maximum Gasteiger partial charge on any atom is 0.267 e. The molecule has 0 aliphatic rings. The fraction of sp³-hybridized carbons (Fsp3) is 0.455. The first-order valence-electron chi connectivity index (χ1n) is 5.36. The highest BCUT2D eigenvalue weighted by atomic mass is 16.3. The second-order valence-electron chi connectivity index (χ2n) is 3.92. The summed E-state index contributed by atoms with van der Waals surface area (Å²) in [4.78, 5) is 17.6. The molecule has 94 valence electrons. The van der Waals surface area contributed by atoms with E-state index in [0.717, 1.165) is 0 Å². The van der Waals surface area contributed by atoms with Gasteiger partial charge in [0.15, 0.2) is 0 Å². The summed E-state index contributed by atoms with van der Waals surface area (Å²) in [6.45, 7) is 2.43. The van der Waals surface area contributed by atoms with Crippen molar-refractivity contribution >= 4 is 5.91 Å². The zero-order valence-electron chi connectivity index (χ0n) is 10.1. The number of nitrogens with one attached hydrogen (secondary N) is 1. The number of amides is 1. The molecule has 0 fully saturated rings. The van der Waals surface area contributed by atoms with Gasteiger partial charge in [0.2, 0.25) is 0 Å². The van der Waals surface area contributed by atoms with E-state index >= 15 is 0 Å². The van der Waals surface area contributed by atoms with E-state index in [2.05, 4.69) is 10.4 Å². The number of hydrogen-bond donors (Lipinski definition) is 3. The van der Waals surface area contributed by atoms with Gasteiger partial charge in [0.05, 0.1) is 17.9 Å². The monoisotopic (exact) mass is 238 g/mol. The molecule has 1 aromatic heterocycles. The lowest BCUT2D eigenvalue weighted by Crippen LogP contribution is -2.34. The predicted molar refractivity (Wildman–Crippen MR) is 63.9 cm³/mol. The normalized spacial score (nSPS) is 12.5. The minimum Gasteiger partial charge on any atom is -0.395 e. The van der Waals surface area contributed by atoms with Crippen molar-refractivity contribution in [3.05, 3.63) is 29.6 Å². The summed E-state index contributed by atoms with van der Waals surface area (Å²) in [5.41, 5.74) is 3.18. The topological polar surface area (TPSA) is 91.5 Å². The Morgan fingerprint density at radius 2 is 2.41 bits per heavy atom. The van der Waals surface area contributed by atoms with Crippen molar-refractivity contribution in [3.63, 3.8) is 0 Å². The van der Waals surface area contributed by atoms with Crippen LogP contribution < -0.4 is 11.3 Å². The molecule has 6 nitrogen and oxygen atoms in total. The van der Waals surface area contributed by atoms with E-state index in [1.807, 2.05) is 18.9 Å². The molecule has 0 spiro atoms. The van der Waals surface area contributed by atoms with E-state index in [0.29, 0.717) is 17.8 Å². The molecule has 1 unspecified atom stereocenters. The Balaban J connectivity index is 2.87. The average Bonchev–Trinajstić information content (AvgIpc) is 2.37. The van der Waals surface area contributed by atoms with Gasteiger partial charge in [-0.15, -0.1) is 0 Å². The van der Waals surface area contributed by atoms with Gasteiger partial charge >= 0.3 is 0 Å². The summed E-state index contributed by atoms with van der Waals surface area (Å²) in [6.07, 6.45) is 1.63. The molecule has 6 heteroatoms. The largest absolute Gasteiger partial charge is 0.395 e. The van der Waals surface area contributed by atoms with Gasteiger partial charge in [-0.1, -0.05) is 0 Å². The number of nitrogens with two attached hydrogens (primary N) is 1. The Morgan fingerprint density at radius 3 is 3.00 bits per heavy atom. The number of rotatable bonds is 5. The summed E-state index contributed by atoms with van der Waals surface area (Å²) in [6, 6.07) is 3.36. The quantitative estimate of drug-likeness (QED) is 0.365. The van der Waals surface area contributed by atoms with E-state index in [9.17, 15) is 4.79 Å². The van der Waals surface area contributed by atoms with Crippen molar-refractivity contribution in [2.75, 3.05) is 13.7 Å². The zero-order valence-corrected chi connectivity index (χ0v) is 10.1. The fourth-order valence-electron chi connectivity index (χ4n) is 1.38. The second-order valence-corrected chi connectivity index (χ2v) is 3.92. The molecule has 1 atom stereocenters. The van der Waals surface area contributed by atoms with Crippen molar-refractivity contribution in [1.29, 1.82) is 0 Å². The van der Waals surface area contributed by atoms with Crippen LogP contribution in [0, 0.1) is 0 Å². The lowest BCUT2D eigenvalue weighted by molar-refractivity contribution is 0.0949. The highest BCUT2D eigenvalue weighted by Crippen LogP contribution is 2.09. The Bertz CT molecular complexity index is 383. The van der Waals surface area contributed by atoms with Gasteiger partial charge < -0.3 is 5.11 Å². The van der Waals surface area contributed by atoms with Gasteiger partial charge in [0, 0.05) is 18.8 Å². The first-order chi connectivity index (χ1) is 8.10. The van der Waals surface area contributed by atoms with Crippen LogP contribution in [0.3, 0.4) is 0 Å². The molecule has 1 rings (SSSR count). The molecule has 0 saturated carbocycles. The second kappa shape index (κ2) is 6.29. The number of nitrogens with zero attached hydrogens (tertiary/aromatic N) is 2. The van der Waals surface area contributed by atoms with Crippen molar-refractivity contribution in [3.8, 4) is 0 Å². The number of aliphatic hydroxyl groups is 1. The van der Waals surface area contributed by atoms with E-state index in [-0.39, 0.29) is 18.6 Å². The van der Waals surface area contributed by atoms with Crippen LogP contribution >= 0.6 is 0 Å². The molecule has 0 saturated heterocycles. The number of nitrogen functional groups attached to an aromatic ring is 1. The van der Waals surface area contributed by atoms with Crippen LogP contribution in [-0.4, -0.2) is 40.6 Å². The lowest BCUT2D eigenvalue weighted by Gasteiger charge is -2.23. The first kappa shape index (κ1) is 13.6. The molecule has 17 heavy (non-hydrogen) atoms. The maximum atomic E-state index is 11.5. The number of pyridine rings is 1. The highest BCUT2D eigenvalue weighted by Gasteiger charge is 2.15. The summed E-state index contributed by atoms with van der Waals surface area (Å²) in [7, 11) is 1.86. The molecular formula is C11H18N4O2. The number of carbonyl (C=O) groups is 1. The van der Waals surface area contributed by atoms with Crippen molar-refractivity contribution in [1.82, 2.24) is 15.3 Å². The van der Waals surface area contributed by atoms with Gasteiger partial charge in [0.25, 0.3) is 5.91 Å². The Kier molecular flexibility index (Phi) is 5.02. The summed E-state index contributed by atoms with van der Waals surface area (Å²) in [5, 5.41) is 9.05. The minimum absolute atomic E-state index is 0.00536. The summed E-state index contributed by atoms with van der Waals surface area (Å²) < 4.78 is 0. The predicted octanol–water partition coefficient (Wildman–Crippen LogP) is -0.502. The Hall–Kier alpha value is -1.50. The Labute approximate surface area is 100 Å². The molecule has 0 aliphatic heterocycles. The van der Waals surface area contributed by atoms with Crippen molar-refractivity contribution in [2.45, 2.75) is 19.5 Å². The first-order valence-corrected chi connectivity index (χ1v) is 5.36. The average molecular weight is 238 g/mol. The minimum atomic E-state index is -0.363. The molecule has 1 amide bonds. The van der Waals surface area contributed by atoms with Gasteiger partial charge in [-0.3, -0.25) is 20.1 Å². The third-order valence-corrected chi connectivity index (χ3v) is 2.68. The molecule has 1 heterocycles. The van der Waals surface area contributed by atoms with Crippen LogP contribution in [0.15, 0.2) is 18.3 Å². The van der Waals surface area contributed by atoms with Crippen LogP contribution in [0.2, 0.25) is 0 Å². The summed E-state index contributed by atoms with van der Waals surface area (Å²) in [5.74, 6) is 4.75. The SMILES string of the molecule is CC(CO)N(C)Cc1ncccc1C(=O)NN. The number of aromatic nitrogens is 1. The highest BCUT2D eigenvalue weighted by molar-refractivity contribution is 5.94. The molecule has 0 aromatic carbocycles. The van der Waals surface area contributed by atoms with E-state index < -0.39 is 0 Å². The fourth-order valence-corrected chi connectivity index (χ4v) is 1.38. The maximum absolute atomic E-state index is 11.5. The summed E-state index contributed by atoms with van der Waals surface area (Å²) >= 11 is 0. The van der Waals surface area contributed by atoms with Crippen LogP contribution in [0.1, 0.15) is 23.0 Å². The molecule has 4 N–H and O–H groups in total. The molecule has 0 bridgehead atoms. The standard InChI is InChI=1S/C11H18N4O2/c1-8(7-16)15(2)6-10-9(11(17)14-12)4-3-5-13-10/h3-5,8,16H,6-7,12H2,1-2H3,(H,14,17). The van der Waals surface area contributed by atoms with Gasteiger partial charge in [0.1, 0.15) is 0 Å². The van der Waals surface area contributed by atoms with Crippen LogP contribution in [0.25, 0.3) is 0 Å². The smallest absolute Gasteiger partial charge is 0.267 e. The van der Waals surface area contributed by atoms with Gasteiger partial charge in [-0.2, -0.15) is 0 Å². The third-order valence-electron chi connectivity index (χ3n) is 2.68. The Morgan fingerprint density at radius 1 is 1.71 bits per heavy atom. The van der Waals surface area contributed by atoms with E-state index in [1.54, 1.807) is 18.3 Å². The van der Waals surface area contributed by atoms with Gasteiger partial charge in [-0.05, 0) is 26.1 Å². The lowest BCUT2D eigenvalue weighted by atomic mass is 10.1. The number of likely N-dealkylation sites (N-methyl/N-ethyl adjacent to an activating group) is 1. The molecular weight excluding hydrogens is 220 g/mol. The zero-order chi connectivity index (χ0) is 12.8. The number of hydrazine groups is 1. The number of hydrogen-bond acceptors (Lipinski definition) is 5. The third kappa shape index (κ3) is 3.48. The van der Waals surface area contributed by atoms with E-state index in [1.165, 1.54) is 0 Å².